The van der Waals surface area contributed by atoms with Crippen molar-refractivity contribution in [1.82, 2.24) is 4.90 Å². The quantitative estimate of drug-likeness (QED) is 0.583. The molecule has 0 saturated carbocycles. The van der Waals surface area contributed by atoms with Crippen LogP contribution in [0.4, 0.5) is 0 Å². The van der Waals surface area contributed by atoms with Crippen LogP contribution in [0.5, 0.6) is 0 Å². The molecule has 2 rings (SSSR count). The molecular formula is C18H22ClNO4. The Morgan fingerprint density at radius 1 is 1.12 bits per heavy atom. The van der Waals surface area contributed by atoms with Crippen LogP contribution in [0.25, 0.3) is 0 Å². The molecule has 6 heteroatoms. The van der Waals surface area contributed by atoms with Gasteiger partial charge in [0.05, 0.1) is 12.5 Å². The lowest BCUT2D eigenvalue weighted by Crippen LogP contribution is -2.40. The first-order valence-corrected chi connectivity index (χ1v) is 8.62. The van der Waals surface area contributed by atoms with Gasteiger partial charge in [0.25, 0.3) is 0 Å². The van der Waals surface area contributed by atoms with E-state index in [1.165, 1.54) is 0 Å². The minimum Gasteiger partial charge on any atom is -0.466 e. The Morgan fingerprint density at radius 3 is 2.33 bits per heavy atom. The average molecular weight is 352 g/mol. The molecular weight excluding hydrogens is 330 g/mol. The molecule has 5 nitrogen and oxygen atoms in total. The Bertz CT molecular complexity index is 592. The van der Waals surface area contributed by atoms with Gasteiger partial charge in [0, 0.05) is 36.5 Å². The van der Waals surface area contributed by atoms with Gasteiger partial charge < -0.3 is 9.64 Å². The van der Waals surface area contributed by atoms with E-state index in [0.29, 0.717) is 43.1 Å². The standard InChI is InChI=1S/C18H22ClNO4/c1-2-24-18(23)14-9-11-20(12-10-14)17(22)8-7-16(21)13-3-5-15(19)6-4-13/h3-6,14H,2,7-12H2,1H3. The number of benzene rings is 1. The summed E-state index contributed by atoms with van der Waals surface area (Å²) in [5.41, 5.74) is 0.563. The maximum atomic E-state index is 12.2. The van der Waals surface area contributed by atoms with Crippen LogP contribution in [-0.2, 0) is 14.3 Å². The first-order chi connectivity index (χ1) is 11.5. The number of carbonyl (C=O) groups is 3. The van der Waals surface area contributed by atoms with E-state index in [0.717, 1.165) is 0 Å². The molecule has 1 amide bonds. The second-order valence-corrected chi connectivity index (χ2v) is 6.27. The van der Waals surface area contributed by atoms with Crippen molar-refractivity contribution < 1.29 is 19.1 Å². The summed E-state index contributed by atoms with van der Waals surface area (Å²) in [7, 11) is 0. The molecule has 0 aliphatic carbocycles. The van der Waals surface area contributed by atoms with Crippen LogP contribution in [0, 0.1) is 5.92 Å². The third-order valence-corrected chi connectivity index (χ3v) is 4.45. The molecule has 1 aromatic carbocycles. The van der Waals surface area contributed by atoms with Crippen molar-refractivity contribution in [2.24, 2.45) is 5.92 Å². The van der Waals surface area contributed by atoms with Crippen molar-refractivity contribution in [3.63, 3.8) is 0 Å². The van der Waals surface area contributed by atoms with Crippen LogP contribution in [0.2, 0.25) is 5.02 Å². The highest BCUT2D eigenvalue weighted by atomic mass is 35.5. The summed E-state index contributed by atoms with van der Waals surface area (Å²) in [5, 5.41) is 0.576. The van der Waals surface area contributed by atoms with Gasteiger partial charge in [-0.3, -0.25) is 14.4 Å². The predicted octanol–water partition coefficient (Wildman–Crippen LogP) is 3.10. The minimum atomic E-state index is -0.178. The van der Waals surface area contributed by atoms with Gasteiger partial charge >= 0.3 is 5.97 Å². The molecule has 0 atom stereocenters. The zero-order chi connectivity index (χ0) is 17.5. The van der Waals surface area contributed by atoms with Gasteiger partial charge in [-0.05, 0) is 44.0 Å². The van der Waals surface area contributed by atoms with Crippen LogP contribution in [-0.4, -0.2) is 42.3 Å². The molecule has 0 aromatic heterocycles. The number of Topliss-reactive ketones (excluding diaryl/α,β-unsaturated/α-hetero) is 1. The second kappa shape index (κ2) is 8.83. The monoisotopic (exact) mass is 351 g/mol. The third-order valence-electron chi connectivity index (χ3n) is 4.20. The molecule has 0 radical (unpaired) electrons. The highest BCUT2D eigenvalue weighted by Crippen LogP contribution is 2.20. The van der Waals surface area contributed by atoms with Crippen molar-refractivity contribution in [3.05, 3.63) is 34.9 Å². The fraction of sp³-hybridized carbons (Fsp3) is 0.500. The molecule has 1 aliphatic heterocycles. The van der Waals surface area contributed by atoms with E-state index in [2.05, 4.69) is 0 Å². The Morgan fingerprint density at radius 2 is 1.75 bits per heavy atom. The van der Waals surface area contributed by atoms with Crippen molar-refractivity contribution in [3.8, 4) is 0 Å². The number of hydrogen-bond acceptors (Lipinski definition) is 4. The lowest BCUT2D eigenvalue weighted by atomic mass is 9.96. The number of likely N-dealkylation sites (tertiary alicyclic amines) is 1. The molecule has 24 heavy (non-hydrogen) atoms. The lowest BCUT2D eigenvalue weighted by Gasteiger charge is -2.30. The number of halogens is 1. The number of ketones is 1. The van der Waals surface area contributed by atoms with E-state index in [9.17, 15) is 14.4 Å². The predicted molar refractivity (Wildman–Crippen MR) is 91.0 cm³/mol. The van der Waals surface area contributed by atoms with Gasteiger partial charge in [0.2, 0.25) is 5.91 Å². The number of amides is 1. The minimum absolute atomic E-state index is 0.0420. The zero-order valence-electron chi connectivity index (χ0n) is 13.8. The summed E-state index contributed by atoms with van der Waals surface area (Å²) < 4.78 is 5.02. The second-order valence-electron chi connectivity index (χ2n) is 5.84. The maximum absolute atomic E-state index is 12.2. The van der Waals surface area contributed by atoms with Crippen LogP contribution in [0.15, 0.2) is 24.3 Å². The van der Waals surface area contributed by atoms with Crippen LogP contribution >= 0.6 is 11.6 Å². The fourth-order valence-corrected chi connectivity index (χ4v) is 2.91. The fourth-order valence-electron chi connectivity index (χ4n) is 2.78. The summed E-state index contributed by atoms with van der Waals surface area (Å²) >= 11 is 5.79. The zero-order valence-corrected chi connectivity index (χ0v) is 14.6. The van der Waals surface area contributed by atoms with Crippen molar-refractivity contribution in [2.75, 3.05) is 19.7 Å². The summed E-state index contributed by atoms with van der Waals surface area (Å²) in [6.45, 7) is 3.24. The Hall–Kier alpha value is -1.88. The summed E-state index contributed by atoms with van der Waals surface area (Å²) in [4.78, 5) is 37.7. The molecule has 0 N–H and O–H groups in total. The smallest absolute Gasteiger partial charge is 0.309 e. The molecule has 1 saturated heterocycles. The van der Waals surface area contributed by atoms with Crippen molar-refractivity contribution in [1.29, 1.82) is 0 Å². The number of ether oxygens (including phenoxy) is 1. The molecule has 1 fully saturated rings. The molecule has 130 valence electrons. The summed E-state index contributed by atoms with van der Waals surface area (Å²) in [5.74, 6) is -0.409. The Kier molecular flexibility index (Phi) is 6.79. The largest absolute Gasteiger partial charge is 0.466 e. The first kappa shape index (κ1) is 18.5. The number of nitrogens with zero attached hydrogens (tertiary/aromatic N) is 1. The van der Waals surface area contributed by atoms with E-state index < -0.39 is 0 Å². The van der Waals surface area contributed by atoms with Crippen LogP contribution < -0.4 is 0 Å². The van der Waals surface area contributed by atoms with E-state index in [1.807, 2.05) is 0 Å². The van der Waals surface area contributed by atoms with Gasteiger partial charge in [-0.1, -0.05) is 11.6 Å². The average Bonchev–Trinajstić information content (AvgIpc) is 2.60. The first-order valence-electron chi connectivity index (χ1n) is 8.24. The van der Waals surface area contributed by atoms with Crippen molar-refractivity contribution in [2.45, 2.75) is 32.6 Å². The van der Waals surface area contributed by atoms with E-state index in [4.69, 9.17) is 16.3 Å². The topological polar surface area (TPSA) is 63.7 Å². The van der Waals surface area contributed by atoms with Gasteiger partial charge in [-0.25, -0.2) is 0 Å². The van der Waals surface area contributed by atoms with E-state index in [-0.39, 0.29) is 36.4 Å². The third kappa shape index (κ3) is 5.06. The maximum Gasteiger partial charge on any atom is 0.309 e. The Balaban J connectivity index is 1.76. The molecule has 0 unspecified atom stereocenters. The number of piperidine rings is 1. The number of rotatable bonds is 6. The van der Waals surface area contributed by atoms with Crippen LogP contribution in [0.3, 0.4) is 0 Å². The van der Waals surface area contributed by atoms with Crippen molar-refractivity contribution >= 4 is 29.3 Å². The lowest BCUT2D eigenvalue weighted by molar-refractivity contribution is -0.151. The Labute approximate surface area is 146 Å². The number of carbonyl (C=O) groups excluding carboxylic acids is 3. The normalized spacial score (nSPS) is 15.2. The molecule has 0 bridgehead atoms. The molecule has 1 aromatic rings. The van der Waals surface area contributed by atoms with E-state index in [1.54, 1.807) is 36.1 Å². The molecule has 0 spiro atoms. The van der Waals surface area contributed by atoms with E-state index >= 15 is 0 Å². The number of esters is 1. The summed E-state index contributed by atoms with van der Waals surface area (Å²) in [6.07, 6.45) is 1.61. The highest BCUT2D eigenvalue weighted by molar-refractivity contribution is 6.30. The van der Waals surface area contributed by atoms with Crippen LogP contribution in [0.1, 0.15) is 43.0 Å². The molecule has 1 heterocycles. The van der Waals surface area contributed by atoms with Gasteiger partial charge in [-0.15, -0.1) is 0 Å². The highest BCUT2D eigenvalue weighted by Gasteiger charge is 2.28. The molecule has 1 aliphatic rings. The summed E-state index contributed by atoms with van der Waals surface area (Å²) in [6, 6.07) is 6.66. The number of hydrogen-bond donors (Lipinski definition) is 0. The SMILES string of the molecule is CCOC(=O)C1CCN(C(=O)CCC(=O)c2ccc(Cl)cc2)CC1. The van der Waals surface area contributed by atoms with Gasteiger partial charge in [0.15, 0.2) is 5.78 Å². The van der Waals surface area contributed by atoms with Gasteiger partial charge in [0.1, 0.15) is 0 Å². The van der Waals surface area contributed by atoms with Gasteiger partial charge in [-0.2, -0.15) is 0 Å².